The van der Waals surface area contributed by atoms with Gasteiger partial charge in [0.15, 0.2) is 5.11 Å². The summed E-state index contributed by atoms with van der Waals surface area (Å²) in [5.41, 5.74) is 0.704. The van der Waals surface area contributed by atoms with E-state index in [9.17, 15) is 4.79 Å². The molecule has 2 aromatic rings. The Labute approximate surface area is 145 Å². The number of amides is 1. The summed E-state index contributed by atoms with van der Waals surface area (Å²) in [5, 5.41) is 8.19. The van der Waals surface area contributed by atoms with Crippen molar-refractivity contribution in [2.75, 3.05) is 5.32 Å². The van der Waals surface area contributed by atoms with Crippen molar-refractivity contribution in [1.82, 2.24) is 5.32 Å². The molecule has 7 heteroatoms. The first kappa shape index (κ1) is 16.2. The van der Waals surface area contributed by atoms with Crippen LogP contribution in [0.1, 0.15) is 4.88 Å². The predicted molar refractivity (Wildman–Crippen MR) is 96.9 cm³/mol. The molecule has 0 atom stereocenters. The molecule has 1 heterocycles. The topological polar surface area (TPSA) is 41.1 Å². The van der Waals surface area contributed by atoms with Crippen LogP contribution in [0.4, 0.5) is 5.69 Å². The van der Waals surface area contributed by atoms with Crippen LogP contribution < -0.4 is 10.6 Å². The van der Waals surface area contributed by atoms with Gasteiger partial charge >= 0.3 is 0 Å². The van der Waals surface area contributed by atoms with E-state index in [0.29, 0.717) is 10.7 Å². The highest BCUT2D eigenvalue weighted by Crippen LogP contribution is 2.25. The van der Waals surface area contributed by atoms with Gasteiger partial charge in [0.05, 0.1) is 5.02 Å². The summed E-state index contributed by atoms with van der Waals surface area (Å²) in [4.78, 5) is 12.7. The van der Waals surface area contributed by atoms with Gasteiger partial charge in [-0.1, -0.05) is 17.7 Å². The number of thiophene rings is 1. The van der Waals surface area contributed by atoms with Crippen LogP contribution in [0, 0.1) is 0 Å². The van der Waals surface area contributed by atoms with Gasteiger partial charge in [0.1, 0.15) is 0 Å². The fourth-order valence-corrected chi connectivity index (χ4v) is 2.70. The third kappa shape index (κ3) is 5.24. The molecule has 0 unspecified atom stereocenters. The summed E-state index contributed by atoms with van der Waals surface area (Å²) in [6.07, 6.45) is 3.17. The Morgan fingerprint density at radius 3 is 2.86 bits per heavy atom. The molecule has 0 saturated heterocycles. The lowest BCUT2D eigenvalue weighted by molar-refractivity contribution is -0.115. The van der Waals surface area contributed by atoms with E-state index in [-0.39, 0.29) is 11.0 Å². The Hall–Kier alpha value is -1.21. The number of hydrogen-bond acceptors (Lipinski definition) is 3. The first-order valence-electron chi connectivity index (χ1n) is 5.83. The molecule has 2 rings (SSSR count). The molecule has 108 valence electrons. The molecular weight excluding hydrogens is 392 g/mol. The van der Waals surface area contributed by atoms with Crippen LogP contribution in [0.25, 0.3) is 6.08 Å². The number of nitrogens with one attached hydrogen (secondary N) is 2. The Kier molecular flexibility index (Phi) is 5.93. The standard InChI is InChI=1S/C14H10BrClN2OS2/c15-11-5-3-9(8-12(11)16)17-14(20)18-13(19)6-4-10-2-1-7-21-10/h1-8H,(H2,17,18,19,20)/b6-4+. The molecule has 1 aromatic carbocycles. The number of halogens is 2. The Bertz CT molecular complexity index is 686. The minimum Gasteiger partial charge on any atom is -0.332 e. The molecular formula is C14H10BrClN2OS2. The maximum atomic E-state index is 11.7. The maximum Gasteiger partial charge on any atom is 0.250 e. The zero-order valence-electron chi connectivity index (χ0n) is 10.6. The average molecular weight is 402 g/mol. The summed E-state index contributed by atoms with van der Waals surface area (Å²) >= 11 is 15.9. The highest BCUT2D eigenvalue weighted by molar-refractivity contribution is 9.10. The molecule has 0 aliphatic carbocycles. The third-order valence-corrected chi connectivity index (χ3v) is 4.63. The van der Waals surface area contributed by atoms with E-state index in [0.717, 1.165) is 9.35 Å². The second kappa shape index (κ2) is 7.70. The van der Waals surface area contributed by atoms with E-state index in [2.05, 4.69) is 26.6 Å². The Morgan fingerprint density at radius 1 is 1.38 bits per heavy atom. The van der Waals surface area contributed by atoms with Gasteiger partial charge < -0.3 is 5.32 Å². The van der Waals surface area contributed by atoms with E-state index in [1.165, 1.54) is 6.08 Å². The van der Waals surface area contributed by atoms with Crippen LogP contribution in [-0.2, 0) is 4.79 Å². The highest BCUT2D eigenvalue weighted by atomic mass is 79.9. The van der Waals surface area contributed by atoms with Crippen molar-refractivity contribution < 1.29 is 4.79 Å². The molecule has 0 aliphatic rings. The molecule has 0 radical (unpaired) electrons. The molecule has 0 aliphatic heterocycles. The molecule has 0 bridgehead atoms. The predicted octanol–water partition coefficient (Wildman–Crippen LogP) is 4.69. The van der Waals surface area contributed by atoms with Crippen LogP contribution in [0.2, 0.25) is 5.02 Å². The quantitative estimate of drug-likeness (QED) is 0.579. The number of benzene rings is 1. The van der Waals surface area contributed by atoms with Gasteiger partial charge in [-0.3, -0.25) is 10.1 Å². The number of thiocarbonyl (C=S) groups is 1. The van der Waals surface area contributed by atoms with Crippen molar-refractivity contribution >= 4 is 73.9 Å². The van der Waals surface area contributed by atoms with Crippen molar-refractivity contribution in [3.8, 4) is 0 Å². The van der Waals surface area contributed by atoms with Gasteiger partial charge in [0.2, 0.25) is 5.91 Å². The number of anilines is 1. The fraction of sp³-hybridized carbons (Fsp3) is 0. The van der Waals surface area contributed by atoms with Crippen molar-refractivity contribution in [3.05, 3.63) is 56.2 Å². The fourth-order valence-electron chi connectivity index (χ4n) is 1.43. The lowest BCUT2D eigenvalue weighted by Gasteiger charge is -2.08. The highest BCUT2D eigenvalue weighted by Gasteiger charge is 2.03. The lowest BCUT2D eigenvalue weighted by Crippen LogP contribution is -2.32. The SMILES string of the molecule is O=C(/C=C/c1cccs1)NC(=S)Nc1ccc(Br)c(Cl)c1. The van der Waals surface area contributed by atoms with Crippen molar-refractivity contribution in [3.63, 3.8) is 0 Å². The van der Waals surface area contributed by atoms with Gasteiger partial charge in [-0.25, -0.2) is 0 Å². The first-order chi connectivity index (χ1) is 10.0. The first-order valence-corrected chi connectivity index (χ1v) is 8.29. The zero-order valence-corrected chi connectivity index (χ0v) is 14.6. The van der Waals surface area contributed by atoms with Crippen molar-refractivity contribution in [2.45, 2.75) is 0 Å². The molecule has 1 amide bonds. The second-order valence-electron chi connectivity index (χ2n) is 3.92. The summed E-state index contributed by atoms with van der Waals surface area (Å²) in [6, 6.07) is 9.16. The Morgan fingerprint density at radius 2 is 2.19 bits per heavy atom. The van der Waals surface area contributed by atoms with Crippen LogP contribution in [0.3, 0.4) is 0 Å². The zero-order chi connectivity index (χ0) is 15.2. The molecule has 21 heavy (non-hydrogen) atoms. The number of carbonyl (C=O) groups excluding carboxylic acids is 1. The minimum absolute atomic E-state index is 0.217. The molecule has 0 fully saturated rings. The summed E-state index contributed by atoms with van der Waals surface area (Å²) < 4.78 is 0.795. The lowest BCUT2D eigenvalue weighted by atomic mass is 10.3. The van der Waals surface area contributed by atoms with Crippen LogP contribution in [-0.4, -0.2) is 11.0 Å². The summed E-state index contributed by atoms with van der Waals surface area (Å²) in [5.74, 6) is -0.288. The van der Waals surface area contributed by atoms with Crippen molar-refractivity contribution in [2.24, 2.45) is 0 Å². The third-order valence-electron chi connectivity index (χ3n) is 2.36. The average Bonchev–Trinajstić information content (AvgIpc) is 2.94. The van der Waals surface area contributed by atoms with E-state index < -0.39 is 0 Å². The van der Waals surface area contributed by atoms with E-state index >= 15 is 0 Å². The van der Waals surface area contributed by atoms with Crippen LogP contribution in [0.15, 0.2) is 46.3 Å². The number of carbonyl (C=O) groups is 1. The smallest absolute Gasteiger partial charge is 0.250 e. The second-order valence-corrected chi connectivity index (χ2v) is 6.57. The maximum absolute atomic E-state index is 11.7. The van der Waals surface area contributed by atoms with E-state index in [1.807, 2.05) is 17.5 Å². The number of rotatable bonds is 3. The van der Waals surface area contributed by atoms with Gasteiger partial charge in [-0.05, 0) is 63.9 Å². The molecule has 1 aromatic heterocycles. The molecule has 3 nitrogen and oxygen atoms in total. The van der Waals surface area contributed by atoms with Crippen LogP contribution >= 0.6 is 51.1 Å². The van der Waals surface area contributed by atoms with Crippen LogP contribution in [0.5, 0.6) is 0 Å². The monoisotopic (exact) mass is 400 g/mol. The number of hydrogen-bond donors (Lipinski definition) is 2. The van der Waals surface area contributed by atoms with E-state index in [4.69, 9.17) is 23.8 Å². The van der Waals surface area contributed by atoms with Crippen molar-refractivity contribution in [1.29, 1.82) is 0 Å². The van der Waals surface area contributed by atoms with Gasteiger partial charge in [-0.15, -0.1) is 11.3 Å². The Balaban J connectivity index is 1.89. The van der Waals surface area contributed by atoms with Gasteiger partial charge in [0.25, 0.3) is 0 Å². The summed E-state index contributed by atoms with van der Waals surface area (Å²) in [7, 11) is 0. The van der Waals surface area contributed by atoms with Gasteiger partial charge in [-0.2, -0.15) is 0 Å². The van der Waals surface area contributed by atoms with Gasteiger partial charge in [0, 0.05) is 21.1 Å². The summed E-state index contributed by atoms with van der Waals surface area (Å²) in [6.45, 7) is 0. The molecule has 2 N–H and O–H groups in total. The molecule has 0 spiro atoms. The minimum atomic E-state index is -0.288. The molecule has 0 saturated carbocycles. The normalized spacial score (nSPS) is 10.6. The largest absolute Gasteiger partial charge is 0.332 e. The van der Waals surface area contributed by atoms with E-state index in [1.54, 1.807) is 35.6 Å².